The monoisotopic (exact) mass is 220 g/mol. The van der Waals surface area contributed by atoms with E-state index >= 15 is 0 Å². The smallest absolute Gasteiger partial charge is 0.242 e. The van der Waals surface area contributed by atoms with Gasteiger partial charge in [-0.15, -0.1) is 0 Å². The molecule has 1 rings (SSSR count). The van der Waals surface area contributed by atoms with Crippen molar-refractivity contribution in [1.29, 1.82) is 0 Å². The van der Waals surface area contributed by atoms with E-state index in [1.54, 1.807) is 0 Å². The van der Waals surface area contributed by atoms with Gasteiger partial charge < -0.3 is 5.73 Å². The highest BCUT2D eigenvalue weighted by molar-refractivity contribution is 5.86. The lowest BCUT2D eigenvalue weighted by Gasteiger charge is -2.35. The van der Waals surface area contributed by atoms with Gasteiger partial charge in [-0.05, 0) is 18.0 Å². The van der Waals surface area contributed by atoms with Crippen LogP contribution >= 0.6 is 0 Å². The fraction of sp³-hybridized carbons (Fsp3) is 0.462. The molecule has 3 heteroatoms. The molecule has 0 aliphatic rings. The van der Waals surface area contributed by atoms with Gasteiger partial charge in [0.25, 0.3) is 0 Å². The Hall–Kier alpha value is -1.35. The van der Waals surface area contributed by atoms with Crippen LogP contribution in [-0.4, -0.2) is 12.5 Å². The lowest BCUT2D eigenvalue weighted by Crippen LogP contribution is -2.56. The molecule has 0 aliphatic carbocycles. The number of primary amides is 1. The second-order valence-electron chi connectivity index (χ2n) is 4.22. The van der Waals surface area contributed by atoms with Crippen LogP contribution in [0.5, 0.6) is 0 Å². The van der Waals surface area contributed by atoms with Crippen LogP contribution in [0.15, 0.2) is 30.3 Å². The van der Waals surface area contributed by atoms with Crippen LogP contribution < -0.4 is 11.1 Å². The Morgan fingerprint density at radius 2 is 1.94 bits per heavy atom. The van der Waals surface area contributed by atoms with Crippen molar-refractivity contribution < 1.29 is 4.79 Å². The summed E-state index contributed by atoms with van der Waals surface area (Å²) < 4.78 is 0. The summed E-state index contributed by atoms with van der Waals surface area (Å²) in [5.74, 6) is -0.220. The zero-order valence-corrected chi connectivity index (χ0v) is 10.2. The minimum Gasteiger partial charge on any atom is -0.368 e. The second kappa shape index (κ2) is 5.12. The number of carbonyl (C=O) groups excluding carboxylic acids is 1. The third-order valence-corrected chi connectivity index (χ3v) is 2.94. The predicted octanol–water partition coefficient (Wildman–Crippen LogP) is 1.63. The average molecular weight is 220 g/mol. The minimum absolute atomic E-state index is 0.104. The van der Waals surface area contributed by atoms with Crippen molar-refractivity contribution >= 4 is 5.91 Å². The highest BCUT2D eigenvalue weighted by Gasteiger charge is 2.40. The molecule has 88 valence electrons. The maximum absolute atomic E-state index is 11.8. The highest BCUT2D eigenvalue weighted by Crippen LogP contribution is 2.29. The number of benzene rings is 1. The molecule has 0 bridgehead atoms. The zero-order valence-electron chi connectivity index (χ0n) is 10.2. The van der Waals surface area contributed by atoms with E-state index in [1.165, 1.54) is 0 Å². The molecule has 1 aromatic rings. The van der Waals surface area contributed by atoms with E-state index in [2.05, 4.69) is 5.32 Å². The van der Waals surface area contributed by atoms with E-state index < -0.39 is 5.54 Å². The molecule has 0 heterocycles. The summed E-state index contributed by atoms with van der Waals surface area (Å²) in [6.45, 7) is 6.68. The molecular weight excluding hydrogens is 200 g/mol. The van der Waals surface area contributed by atoms with E-state index in [0.717, 1.165) is 5.56 Å². The minimum atomic E-state index is -0.768. The Morgan fingerprint density at radius 3 is 2.31 bits per heavy atom. The number of hydrogen-bond acceptors (Lipinski definition) is 2. The van der Waals surface area contributed by atoms with Crippen LogP contribution in [0, 0.1) is 5.92 Å². The topological polar surface area (TPSA) is 55.1 Å². The summed E-state index contributed by atoms with van der Waals surface area (Å²) >= 11 is 0. The van der Waals surface area contributed by atoms with Crippen molar-refractivity contribution in [2.75, 3.05) is 6.54 Å². The third kappa shape index (κ3) is 2.09. The van der Waals surface area contributed by atoms with Gasteiger partial charge in [0, 0.05) is 0 Å². The maximum Gasteiger partial charge on any atom is 0.242 e. The first-order valence-corrected chi connectivity index (χ1v) is 5.66. The number of likely N-dealkylation sites (N-methyl/N-ethyl adjacent to an activating group) is 1. The molecule has 0 spiro atoms. The summed E-state index contributed by atoms with van der Waals surface area (Å²) in [7, 11) is 0. The van der Waals surface area contributed by atoms with Crippen molar-refractivity contribution in [2.24, 2.45) is 11.7 Å². The molecular formula is C13H20N2O. The molecule has 1 unspecified atom stereocenters. The first-order chi connectivity index (χ1) is 7.55. The van der Waals surface area contributed by atoms with Crippen molar-refractivity contribution in [3.8, 4) is 0 Å². The van der Waals surface area contributed by atoms with Gasteiger partial charge in [-0.1, -0.05) is 51.1 Å². The Morgan fingerprint density at radius 1 is 1.38 bits per heavy atom. The number of nitrogens with one attached hydrogen (secondary N) is 1. The molecule has 0 fully saturated rings. The standard InChI is InChI=1S/C13H20N2O/c1-4-15-13(10(2)3,12(14)16)11-8-6-5-7-9-11/h5-10,15H,4H2,1-3H3,(H2,14,16). The molecule has 16 heavy (non-hydrogen) atoms. The lowest BCUT2D eigenvalue weighted by molar-refractivity contribution is -0.126. The third-order valence-electron chi connectivity index (χ3n) is 2.94. The average Bonchev–Trinajstić information content (AvgIpc) is 2.26. The Balaban J connectivity index is 3.27. The first-order valence-electron chi connectivity index (χ1n) is 5.66. The van der Waals surface area contributed by atoms with E-state index in [1.807, 2.05) is 51.1 Å². The van der Waals surface area contributed by atoms with Crippen molar-refractivity contribution in [3.05, 3.63) is 35.9 Å². The van der Waals surface area contributed by atoms with Crippen LogP contribution in [0.25, 0.3) is 0 Å². The van der Waals surface area contributed by atoms with Crippen LogP contribution in [-0.2, 0) is 10.3 Å². The van der Waals surface area contributed by atoms with Gasteiger partial charge in [0.1, 0.15) is 5.54 Å². The van der Waals surface area contributed by atoms with Gasteiger partial charge in [-0.25, -0.2) is 0 Å². The summed E-state index contributed by atoms with van der Waals surface area (Å²) in [6, 6.07) is 9.65. The second-order valence-corrected chi connectivity index (χ2v) is 4.22. The van der Waals surface area contributed by atoms with Crippen molar-refractivity contribution in [2.45, 2.75) is 26.3 Å². The van der Waals surface area contributed by atoms with Gasteiger partial charge >= 0.3 is 0 Å². The number of carbonyl (C=O) groups is 1. The van der Waals surface area contributed by atoms with Crippen LogP contribution in [0.3, 0.4) is 0 Å². The first kappa shape index (κ1) is 12.7. The molecule has 0 saturated carbocycles. The van der Waals surface area contributed by atoms with Crippen molar-refractivity contribution in [3.63, 3.8) is 0 Å². The van der Waals surface area contributed by atoms with Crippen molar-refractivity contribution in [1.82, 2.24) is 5.32 Å². The Labute approximate surface area is 97.0 Å². The predicted molar refractivity (Wildman–Crippen MR) is 65.8 cm³/mol. The van der Waals surface area contributed by atoms with Crippen LogP contribution in [0.2, 0.25) is 0 Å². The molecule has 1 amide bonds. The van der Waals surface area contributed by atoms with Crippen LogP contribution in [0.4, 0.5) is 0 Å². The summed E-state index contributed by atoms with van der Waals surface area (Å²) in [5, 5.41) is 3.24. The number of rotatable bonds is 5. The van der Waals surface area contributed by atoms with Gasteiger partial charge in [-0.3, -0.25) is 10.1 Å². The largest absolute Gasteiger partial charge is 0.368 e. The quantitative estimate of drug-likeness (QED) is 0.792. The molecule has 1 atom stereocenters. The summed E-state index contributed by atoms with van der Waals surface area (Å²) in [5.41, 5.74) is 5.75. The normalized spacial score (nSPS) is 14.8. The molecule has 1 aromatic carbocycles. The molecule has 3 nitrogen and oxygen atoms in total. The number of hydrogen-bond donors (Lipinski definition) is 2. The zero-order chi connectivity index (χ0) is 12.2. The van der Waals surface area contributed by atoms with Gasteiger partial charge in [-0.2, -0.15) is 0 Å². The van der Waals surface area contributed by atoms with Gasteiger partial charge in [0.15, 0.2) is 0 Å². The van der Waals surface area contributed by atoms with Crippen LogP contribution in [0.1, 0.15) is 26.3 Å². The van der Waals surface area contributed by atoms with E-state index in [4.69, 9.17) is 5.73 Å². The van der Waals surface area contributed by atoms with E-state index in [9.17, 15) is 4.79 Å². The molecule has 0 radical (unpaired) electrons. The molecule has 0 aromatic heterocycles. The van der Waals surface area contributed by atoms with E-state index in [-0.39, 0.29) is 11.8 Å². The SMILES string of the molecule is CCNC(C(N)=O)(c1ccccc1)C(C)C. The summed E-state index contributed by atoms with van der Waals surface area (Å²) in [4.78, 5) is 11.8. The van der Waals surface area contributed by atoms with Gasteiger partial charge in [0.2, 0.25) is 5.91 Å². The number of amides is 1. The lowest BCUT2D eigenvalue weighted by atomic mass is 9.79. The molecule has 0 saturated heterocycles. The number of nitrogens with two attached hydrogens (primary N) is 1. The molecule has 0 aliphatic heterocycles. The highest BCUT2D eigenvalue weighted by atomic mass is 16.1. The summed E-state index contributed by atoms with van der Waals surface area (Å²) in [6.07, 6.45) is 0. The Kier molecular flexibility index (Phi) is 4.07. The van der Waals surface area contributed by atoms with E-state index in [0.29, 0.717) is 6.54 Å². The van der Waals surface area contributed by atoms with Gasteiger partial charge in [0.05, 0.1) is 0 Å². The Bertz CT molecular complexity index is 348. The fourth-order valence-electron chi connectivity index (χ4n) is 2.13. The molecule has 3 N–H and O–H groups in total. The fourth-order valence-corrected chi connectivity index (χ4v) is 2.13. The maximum atomic E-state index is 11.8.